The van der Waals surface area contributed by atoms with Crippen molar-refractivity contribution >= 4 is 5.91 Å². The third-order valence-electron chi connectivity index (χ3n) is 4.04. The fourth-order valence-electron chi connectivity index (χ4n) is 2.58. The summed E-state index contributed by atoms with van der Waals surface area (Å²) < 4.78 is 5.91. The molecule has 1 amide bonds. The Balaban J connectivity index is 2.23. The van der Waals surface area contributed by atoms with Crippen molar-refractivity contribution in [3.8, 4) is 6.07 Å². The summed E-state index contributed by atoms with van der Waals surface area (Å²) in [5, 5.41) is 9.18. The molecule has 0 N–H and O–H groups in total. The molecule has 0 radical (unpaired) electrons. The molecule has 1 saturated heterocycles. The van der Waals surface area contributed by atoms with Crippen molar-refractivity contribution < 1.29 is 9.53 Å². The van der Waals surface area contributed by atoms with Crippen molar-refractivity contribution in [2.24, 2.45) is 5.41 Å². The number of carbonyl (C=O) groups is 1. The SMILES string of the molecule is Cc1ccccc1C1CN(C(=O)C(C)(C)C#N)C(C)CO1. The monoisotopic (exact) mass is 286 g/mol. The lowest BCUT2D eigenvalue weighted by molar-refractivity contribution is -0.150. The Labute approximate surface area is 126 Å². The van der Waals surface area contributed by atoms with E-state index in [9.17, 15) is 10.1 Å². The maximum absolute atomic E-state index is 12.6. The Morgan fingerprint density at radius 2 is 2.10 bits per heavy atom. The molecular formula is C17H22N2O2. The molecule has 1 fully saturated rings. The predicted molar refractivity (Wildman–Crippen MR) is 80.4 cm³/mol. The van der Waals surface area contributed by atoms with E-state index in [1.165, 1.54) is 0 Å². The van der Waals surface area contributed by atoms with Crippen molar-refractivity contribution in [2.75, 3.05) is 13.2 Å². The average molecular weight is 286 g/mol. The van der Waals surface area contributed by atoms with E-state index in [-0.39, 0.29) is 18.1 Å². The molecule has 2 unspecified atom stereocenters. The standard InChI is InChI=1S/C17H22N2O2/c1-12-7-5-6-8-14(12)15-9-19(13(2)10-21-15)16(20)17(3,4)11-18/h5-8,13,15H,9-10H2,1-4H3. The molecule has 0 saturated carbocycles. The molecule has 1 aromatic carbocycles. The molecule has 0 spiro atoms. The molecular weight excluding hydrogens is 264 g/mol. The fourth-order valence-corrected chi connectivity index (χ4v) is 2.58. The zero-order valence-corrected chi connectivity index (χ0v) is 13.1. The molecule has 4 nitrogen and oxygen atoms in total. The number of ether oxygens (including phenoxy) is 1. The summed E-state index contributed by atoms with van der Waals surface area (Å²) in [5.41, 5.74) is 1.27. The summed E-state index contributed by atoms with van der Waals surface area (Å²) in [5.74, 6) is -0.126. The number of rotatable bonds is 2. The maximum Gasteiger partial charge on any atom is 0.242 e. The van der Waals surface area contributed by atoms with E-state index in [4.69, 9.17) is 4.74 Å². The third-order valence-corrected chi connectivity index (χ3v) is 4.04. The second-order valence-electron chi connectivity index (χ2n) is 6.22. The highest BCUT2D eigenvalue weighted by Crippen LogP contribution is 2.30. The zero-order valence-electron chi connectivity index (χ0n) is 13.1. The number of nitrogens with zero attached hydrogens (tertiary/aromatic N) is 2. The Kier molecular flexibility index (Phi) is 4.34. The Morgan fingerprint density at radius 3 is 2.71 bits per heavy atom. The minimum absolute atomic E-state index is 0.00890. The minimum Gasteiger partial charge on any atom is -0.370 e. The highest BCUT2D eigenvalue weighted by molar-refractivity contribution is 5.85. The van der Waals surface area contributed by atoms with E-state index in [2.05, 4.69) is 6.07 Å². The quantitative estimate of drug-likeness (QED) is 0.840. The molecule has 1 heterocycles. The molecule has 2 atom stereocenters. The second kappa shape index (κ2) is 5.87. The Morgan fingerprint density at radius 1 is 1.43 bits per heavy atom. The first-order valence-corrected chi connectivity index (χ1v) is 7.26. The summed E-state index contributed by atoms with van der Waals surface area (Å²) in [6.07, 6.45) is -0.124. The molecule has 2 rings (SSSR count). The van der Waals surface area contributed by atoms with Crippen LogP contribution >= 0.6 is 0 Å². The lowest BCUT2D eigenvalue weighted by atomic mass is 9.92. The average Bonchev–Trinajstić information content (AvgIpc) is 2.48. The number of morpholine rings is 1. The minimum atomic E-state index is -0.998. The van der Waals surface area contributed by atoms with Crippen LogP contribution in [0.4, 0.5) is 0 Å². The Bertz CT molecular complexity index is 574. The van der Waals surface area contributed by atoms with Gasteiger partial charge in [0, 0.05) is 0 Å². The van der Waals surface area contributed by atoms with Gasteiger partial charge in [-0.25, -0.2) is 0 Å². The lowest BCUT2D eigenvalue weighted by Gasteiger charge is -2.40. The van der Waals surface area contributed by atoms with Crippen molar-refractivity contribution in [1.82, 2.24) is 4.90 Å². The molecule has 0 bridgehead atoms. The van der Waals surface area contributed by atoms with Gasteiger partial charge in [-0.3, -0.25) is 4.79 Å². The van der Waals surface area contributed by atoms with Crippen LogP contribution in [0.3, 0.4) is 0 Å². The third kappa shape index (κ3) is 3.08. The number of hydrogen-bond acceptors (Lipinski definition) is 3. The van der Waals surface area contributed by atoms with E-state index >= 15 is 0 Å². The van der Waals surface area contributed by atoms with Crippen LogP contribution in [-0.4, -0.2) is 30.0 Å². The normalized spacial score (nSPS) is 22.7. The first-order valence-electron chi connectivity index (χ1n) is 7.26. The number of benzene rings is 1. The van der Waals surface area contributed by atoms with Crippen LogP contribution in [0.1, 0.15) is 38.0 Å². The van der Waals surface area contributed by atoms with E-state index in [1.807, 2.05) is 38.1 Å². The summed E-state index contributed by atoms with van der Waals surface area (Å²) in [4.78, 5) is 14.4. The van der Waals surface area contributed by atoms with Gasteiger partial charge in [0.1, 0.15) is 11.5 Å². The molecule has 1 aliphatic heterocycles. The summed E-state index contributed by atoms with van der Waals surface area (Å²) in [6.45, 7) is 8.32. The van der Waals surface area contributed by atoms with E-state index < -0.39 is 5.41 Å². The van der Waals surface area contributed by atoms with Crippen LogP contribution < -0.4 is 0 Å². The molecule has 0 aliphatic carbocycles. The van der Waals surface area contributed by atoms with Crippen LogP contribution in [0.15, 0.2) is 24.3 Å². The number of nitriles is 1. The van der Waals surface area contributed by atoms with Gasteiger partial charge in [0.2, 0.25) is 5.91 Å². The predicted octanol–water partition coefficient (Wildman–Crippen LogP) is 2.83. The fraction of sp³-hybridized carbons (Fsp3) is 0.529. The zero-order chi connectivity index (χ0) is 15.6. The number of carbonyl (C=O) groups excluding carboxylic acids is 1. The van der Waals surface area contributed by atoms with E-state index in [0.717, 1.165) is 11.1 Å². The van der Waals surface area contributed by atoms with Crippen molar-refractivity contribution in [3.05, 3.63) is 35.4 Å². The molecule has 4 heteroatoms. The highest BCUT2D eigenvalue weighted by Gasteiger charge is 2.38. The molecule has 112 valence electrons. The van der Waals surface area contributed by atoms with Crippen LogP contribution in [0.2, 0.25) is 0 Å². The van der Waals surface area contributed by atoms with E-state index in [0.29, 0.717) is 13.2 Å². The first-order chi connectivity index (χ1) is 9.86. The van der Waals surface area contributed by atoms with Crippen molar-refractivity contribution in [3.63, 3.8) is 0 Å². The van der Waals surface area contributed by atoms with E-state index in [1.54, 1.807) is 18.7 Å². The van der Waals surface area contributed by atoms with Crippen LogP contribution in [0.5, 0.6) is 0 Å². The first kappa shape index (κ1) is 15.5. The molecule has 1 aliphatic rings. The van der Waals surface area contributed by atoms with Gasteiger partial charge in [-0.1, -0.05) is 24.3 Å². The van der Waals surface area contributed by atoms with Gasteiger partial charge in [0.05, 0.1) is 25.3 Å². The summed E-state index contributed by atoms with van der Waals surface area (Å²) >= 11 is 0. The van der Waals surface area contributed by atoms with Gasteiger partial charge in [0.15, 0.2) is 0 Å². The van der Waals surface area contributed by atoms with Crippen LogP contribution in [-0.2, 0) is 9.53 Å². The number of hydrogen-bond donors (Lipinski definition) is 0. The molecule has 0 aromatic heterocycles. The maximum atomic E-state index is 12.6. The van der Waals surface area contributed by atoms with Gasteiger partial charge in [-0.05, 0) is 38.8 Å². The van der Waals surface area contributed by atoms with Gasteiger partial charge in [0.25, 0.3) is 0 Å². The highest BCUT2D eigenvalue weighted by atomic mass is 16.5. The van der Waals surface area contributed by atoms with Gasteiger partial charge < -0.3 is 9.64 Å². The molecule has 1 aromatic rings. The van der Waals surface area contributed by atoms with Crippen LogP contribution in [0, 0.1) is 23.7 Å². The van der Waals surface area contributed by atoms with Crippen molar-refractivity contribution in [1.29, 1.82) is 5.26 Å². The molecule has 21 heavy (non-hydrogen) atoms. The summed E-state index contributed by atoms with van der Waals surface area (Å²) in [6, 6.07) is 10.1. The summed E-state index contributed by atoms with van der Waals surface area (Å²) in [7, 11) is 0. The van der Waals surface area contributed by atoms with Gasteiger partial charge >= 0.3 is 0 Å². The Hall–Kier alpha value is -1.86. The van der Waals surface area contributed by atoms with Gasteiger partial charge in [-0.15, -0.1) is 0 Å². The smallest absolute Gasteiger partial charge is 0.242 e. The van der Waals surface area contributed by atoms with Crippen LogP contribution in [0.25, 0.3) is 0 Å². The largest absolute Gasteiger partial charge is 0.370 e. The second-order valence-corrected chi connectivity index (χ2v) is 6.22. The lowest BCUT2D eigenvalue weighted by Crippen LogP contribution is -2.52. The number of aryl methyl sites for hydroxylation is 1. The van der Waals surface area contributed by atoms with Gasteiger partial charge in [-0.2, -0.15) is 5.26 Å². The van der Waals surface area contributed by atoms with Crippen molar-refractivity contribution in [2.45, 2.75) is 39.8 Å². The topological polar surface area (TPSA) is 53.3 Å². The number of amides is 1.